The number of carbonyl (C=O) groups is 1. The van der Waals surface area contributed by atoms with E-state index in [1.54, 1.807) is 0 Å². The van der Waals surface area contributed by atoms with E-state index in [-0.39, 0.29) is 17.6 Å². The smallest absolute Gasteiger partial charge is 0.304 e. The maximum absolute atomic E-state index is 10.9. The molecule has 2 N–H and O–H groups in total. The number of carboxylic acid groups (broad SMARTS) is 1. The average Bonchev–Trinajstić information content (AvgIpc) is 2.94. The predicted octanol–water partition coefficient (Wildman–Crippen LogP) is 3.28. The van der Waals surface area contributed by atoms with Crippen LogP contribution in [0.4, 0.5) is 0 Å². The van der Waals surface area contributed by atoms with Crippen molar-refractivity contribution in [2.45, 2.75) is 38.5 Å². The van der Waals surface area contributed by atoms with Crippen molar-refractivity contribution in [3.8, 4) is 5.75 Å². The van der Waals surface area contributed by atoms with Gasteiger partial charge in [0.25, 0.3) is 0 Å². The molecule has 1 aliphatic rings. The lowest BCUT2D eigenvalue weighted by atomic mass is 9.87. The van der Waals surface area contributed by atoms with Gasteiger partial charge in [0, 0.05) is 21.0 Å². The highest BCUT2D eigenvalue weighted by atomic mass is 79.9. The lowest BCUT2D eigenvalue weighted by Crippen LogP contribution is -2.15. The Morgan fingerprint density at radius 3 is 2.53 bits per heavy atom. The van der Waals surface area contributed by atoms with Crippen molar-refractivity contribution in [3.05, 3.63) is 27.2 Å². The van der Waals surface area contributed by atoms with Gasteiger partial charge >= 0.3 is 5.97 Å². The minimum Gasteiger partial charge on any atom is -0.507 e. The quantitative estimate of drug-likeness (QED) is 0.900. The topological polar surface area (TPSA) is 57.5 Å². The van der Waals surface area contributed by atoms with E-state index in [0.29, 0.717) is 0 Å². The van der Waals surface area contributed by atoms with E-state index in [2.05, 4.69) is 15.9 Å². The van der Waals surface area contributed by atoms with Crippen molar-refractivity contribution in [1.82, 2.24) is 0 Å². The Morgan fingerprint density at radius 1 is 1.47 bits per heavy atom. The molecular weight excluding hydrogens is 284 g/mol. The van der Waals surface area contributed by atoms with E-state index in [0.717, 1.165) is 34.0 Å². The Bertz CT molecular complexity index is 490. The third-order valence-corrected chi connectivity index (χ3v) is 4.38. The number of rotatable bonds is 3. The number of aliphatic carboxylic acids is 1. The maximum atomic E-state index is 10.9. The molecule has 0 radical (unpaired) electrons. The zero-order valence-corrected chi connectivity index (χ0v) is 11.5. The number of carboxylic acids is 1. The van der Waals surface area contributed by atoms with Gasteiger partial charge in [0.2, 0.25) is 0 Å². The highest BCUT2D eigenvalue weighted by Gasteiger charge is 2.48. The molecule has 0 amide bonds. The van der Waals surface area contributed by atoms with Gasteiger partial charge in [0.15, 0.2) is 0 Å². The molecule has 0 bridgehead atoms. The van der Waals surface area contributed by atoms with Gasteiger partial charge in [-0.2, -0.15) is 0 Å². The Balaban J connectivity index is 2.53. The number of hydrogen-bond acceptors (Lipinski definition) is 2. The van der Waals surface area contributed by atoms with Gasteiger partial charge in [-0.3, -0.25) is 4.79 Å². The average molecular weight is 299 g/mol. The first-order chi connectivity index (χ1) is 7.87. The lowest BCUT2D eigenvalue weighted by molar-refractivity contribution is -0.137. The van der Waals surface area contributed by atoms with Crippen LogP contribution in [0, 0.1) is 13.8 Å². The molecule has 1 aromatic rings. The molecule has 0 aromatic heterocycles. The number of aromatic hydroxyl groups is 1. The molecule has 1 fully saturated rings. The standard InChI is InChI=1S/C13H15BrO3/c1-7-5-9(14)8(2)12(17)11(7)13(3-4-13)6-10(15)16/h5,17H,3-4,6H2,1-2H3,(H,15,16). The number of aryl methyl sites for hydroxylation is 1. The normalized spacial score (nSPS) is 16.9. The van der Waals surface area contributed by atoms with Crippen molar-refractivity contribution < 1.29 is 15.0 Å². The summed E-state index contributed by atoms with van der Waals surface area (Å²) < 4.78 is 0.863. The van der Waals surface area contributed by atoms with Crippen molar-refractivity contribution in [3.63, 3.8) is 0 Å². The fourth-order valence-corrected chi connectivity index (χ4v) is 3.01. The van der Waals surface area contributed by atoms with Gasteiger partial charge in [-0.25, -0.2) is 0 Å². The van der Waals surface area contributed by atoms with Crippen molar-refractivity contribution in [2.75, 3.05) is 0 Å². The van der Waals surface area contributed by atoms with Gasteiger partial charge in [-0.05, 0) is 38.3 Å². The van der Waals surface area contributed by atoms with Crippen molar-refractivity contribution in [1.29, 1.82) is 0 Å². The summed E-state index contributed by atoms with van der Waals surface area (Å²) in [6.45, 7) is 3.75. The van der Waals surface area contributed by atoms with Gasteiger partial charge in [-0.15, -0.1) is 0 Å². The minimum absolute atomic E-state index is 0.0997. The Hall–Kier alpha value is -1.03. The fraction of sp³-hybridized carbons (Fsp3) is 0.462. The molecular formula is C13H15BrO3. The third kappa shape index (κ3) is 2.06. The Kier molecular flexibility index (Phi) is 2.94. The number of phenolic OH excluding ortho intramolecular Hbond substituents is 1. The molecule has 0 unspecified atom stereocenters. The minimum atomic E-state index is -0.804. The largest absolute Gasteiger partial charge is 0.507 e. The summed E-state index contributed by atoms with van der Waals surface area (Å²) in [5.41, 5.74) is 2.22. The van der Waals surface area contributed by atoms with Gasteiger partial charge < -0.3 is 10.2 Å². The highest BCUT2D eigenvalue weighted by Crippen LogP contribution is 2.55. The summed E-state index contributed by atoms with van der Waals surface area (Å²) in [6.07, 6.45) is 1.78. The molecule has 17 heavy (non-hydrogen) atoms. The summed E-state index contributed by atoms with van der Waals surface area (Å²) in [5.74, 6) is -0.558. The fourth-order valence-electron chi connectivity index (χ4n) is 2.48. The molecule has 3 nitrogen and oxygen atoms in total. The molecule has 0 spiro atoms. The van der Waals surface area contributed by atoms with Crippen LogP contribution in [0.15, 0.2) is 10.5 Å². The van der Waals surface area contributed by atoms with Gasteiger partial charge in [-0.1, -0.05) is 15.9 Å². The second-order valence-electron chi connectivity index (χ2n) is 4.87. The zero-order valence-electron chi connectivity index (χ0n) is 9.88. The van der Waals surface area contributed by atoms with Gasteiger partial charge in [0.05, 0.1) is 6.42 Å². The molecule has 2 rings (SSSR count). The monoisotopic (exact) mass is 298 g/mol. The van der Waals surface area contributed by atoms with Crippen LogP contribution in [0.1, 0.15) is 36.0 Å². The first kappa shape index (κ1) is 12.4. The van der Waals surface area contributed by atoms with Gasteiger partial charge in [0.1, 0.15) is 5.75 Å². The summed E-state index contributed by atoms with van der Waals surface area (Å²) in [6, 6.07) is 1.95. The maximum Gasteiger partial charge on any atom is 0.304 e. The molecule has 1 aliphatic carbocycles. The first-order valence-corrected chi connectivity index (χ1v) is 6.37. The van der Waals surface area contributed by atoms with E-state index < -0.39 is 5.97 Å². The molecule has 92 valence electrons. The second kappa shape index (κ2) is 4.02. The van der Waals surface area contributed by atoms with Crippen molar-refractivity contribution in [2.24, 2.45) is 0 Å². The van der Waals surface area contributed by atoms with Crippen LogP contribution in [-0.2, 0) is 10.2 Å². The highest BCUT2D eigenvalue weighted by molar-refractivity contribution is 9.10. The van der Waals surface area contributed by atoms with Crippen LogP contribution < -0.4 is 0 Å². The Morgan fingerprint density at radius 2 is 2.06 bits per heavy atom. The van der Waals surface area contributed by atoms with Crippen LogP contribution in [0.25, 0.3) is 0 Å². The molecule has 1 aromatic carbocycles. The first-order valence-electron chi connectivity index (χ1n) is 5.58. The molecule has 0 aliphatic heterocycles. The number of hydrogen-bond donors (Lipinski definition) is 2. The molecule has 0 saturated heterocycles. The zero-order chi connectivity index (χ0) is 12.8. The van der Waals surface area contributed by atoms with E-state index in [1.807, 2.05) is 19.9 Å². The van der Waals surface area contributed by atoms with Crippen LogP contribution >= 0.6 is 15.9 Å². The van der Waals surface area contributed by atoms with Crippen molar-refractivity contribution >= 4 is 21.9 Å². The summed E-state index contributed by atoms with van der Waals surface area (Å²) in [4.78, 5) is 10.9. The molecule has 1 saturated carbocycles. The third-order valence-electron chi connectivity index (χ3n) is 3.56. The Labute approximate surface area is 109 Å². The number of halogens is 1. The van der Waals surface area contributed by atoms with Crippen LogP contribution in [0.3, 0.4) is 0 Å². The number of benzene rings is 1. The summed E-state index contributed by atoms with van der Waals surface area (Å²) >= 11 is 3.39. The predicted molar refractivity (Wildman–Crippen MR) is 68.4 cm³/mol. The van der Waals surface area contributed by atoms with E-state index >= 15 is 0 Å². The molecule has 4 heteroatoms. The summed E-state index contributed by atoms with van der Waals surface area (Å²) in [5, 5.41) is 19.2. The lowest BCUT2D eigenvalue weighted by Gasteiger charge is -2.20. The van der Waals surface area contributed by atoms with Crippen LogP contribution in [-0.4, -0.2) is 16.2 Å². The van der Waals surface area contributed by atoms with E-state index in [4.69, 9.17) is 5.11 Å². The number of phenols is 1. The van der Waals surface area contributed by atoms with Crippen LogP contribution in [0.2, 0.25) is 0 Å². The van der Waals surface area contributed by atoms with E-state index in [1.165, 1.54) is 0 Å². The van der Waals surface area contributed by atoms with E-state index in [9.17, 15) is 9.90 Å². The second-order valence-corrected chi connectivity index (χ2v) is 5.73. The summed E-state index contributed by atoms with van der Waals surface area (Å²) in [7, 11) is 0. The molecule has 0 atom stereocenters. The van der Waals surface area contributed by atoms with Crippen LogP contribution in [0.5, 0.6) is 5.75 Å². The SMILES string of the molecule is Cc1cc(Br)c(C)c(O)c1C1(CC(=O)O)CC1. The molecule has 0 heterocycles.